The van der Waals surface area contributed by atoms with Crippen LogP contribution in [0.4, 0.5) is 4.79 Å². The molecule has 1 aliphatic heterocycles. The fourth-order valence-corrected chi connectivity index (χ4v) is 1.44. The van der Waals surface area contributed by atoms with Crippen molar-refractivity contribution in [3.8, 4) is 0 Å². The third-order valence-corrected chi connectivity index (χ3v) is 2.08. The largest absolute Gasteiger partial charge is 0.444 e. The summed E-state index contributed by atoms with van der Waals surface area (Å²) in [5.74, 6) is 0. The van der Waals surface area contributed by atoms with Crippen LogP contribution in [0.1, 0.15) is 27.2 Å². The van der Waals surface area contributed by atoms with Crippen LogP contribution >= 0.6 is 0 Å². The summed E-state index contributed by atoms with van der Waals surface area (Å²) in [5.41, 5.74) is 1.65. The van der Waals surface area contributed by atoms with Crippen molar-refractivity contribution in [3.05, 3.63) is 0 Å². The fraction of sp³-hybridized carbons (Fsp3) is 0.800. The molecule has 0 aliphatic carbocycles. The van der Waals surface area contributed by atoms with E-state index < -0.39 is 5.60 Å². The van der Waals surface area contributed by atoms with E-state index in [0.29, 0.717) is 25.9 Å². The zero-order valence-corrected chi connectivity index (χ0v) is 9.86. The summed E-state index contributed by atoms with van der Waals surface area (Å²) in [6, 6.07) is 0. The molecule has 92 valence electrons. The van der Waals surface area contributed by atoms with Crippen molar-refractivity contribution in [2.24, 2.45) is 0 Å². The van der Waals surface area contributed by atoms with Crippen molar-refractivity contribution in [1.82, 2.24) is 10.4 Å². The van der Waals surface area contributed by atoms with Crippen LogP contribution in [0, 0.1) is 0 Å². The van der Waals surface area contributed by atoms with Gasteiger partial charge in [-0.2, -0.15) is 0 Å². The second-order valence-electron chi connectivity index (χ2n) is 4.69. The number of hydroxylamine groups is 1. The second kappa shape index (κ2) is 5.16. The maximum atomic E-state index is 11.6. The molecule has 1 aliphatic rings. The van der Waals surface area contributed by atoms with E-state index >= 15 is 0 Å². The van der Waals surface area contributed by atoms with Gasteiger partial charge in [0.15, 0.2) is 0 Å². The predicted molar refractivity (Wildman–Crippen MR) is 56.5 cm³/mol. The van der Waals surface area contributed by atoms with Crippen LogP contribution < -0.4 is 5.48 Å². The normalized spacial score (nSPS) is 20.7. The Morgan fingerprint density at radius 2 is 2.19 bits per heavy atom. The summed E-state index contributed by atoms with van der Waals surface area (Å²) in [5, 5.41) is 0. The van der Waals surface area contributed by atoms with Crippen LogP contribution in [-0.2, 0) is 14.4 Å². The first-order valence-electron chi connectivity index (χ1n) is 5.25. The van der Waals surface area contributed by atoms with Gasteiger partial charge in [0.05, 0.1) is 6.54 Å². The van der Waals surface area contributed by atoms with E-state index in [1.807, 2.05) is 20.8 Å². The lowest BCUT2D eigenvalue weighted by Gasteiger charge is -2.24. The number of likely N-dealkylation sites (tertiary alicyclic amines) is 1. The lowest BCUT2D eigenvalue weighted by molar-refractivity contribution is -0.124. The van der Waals surface area contributed by atoms with Crippen LogP contribution in [-0.4, -0.2) is 42.2 Å². The van der Waals surface area contributed by atoms with Gasteiger partial charge in [-0.05, 0) is 27.2 Å². The van der Waals surface area contributed by atoms with Crippen molar-refractivity contribution < 1.29 is 19.2 Å². The van der Waals surface area contributed by atoms with Gasteiger partial charge in [-0.25, -0.2) is 10.3 Å². The van der Waals surface area contributed by atoms with Gasteiger partial charge in [0.2, 0.25) is 6.41 Å². The molecular weight excluding hydrogens is 212 g/mol. The second-order valence-corrected chi connectivity index (χ2v) is 4.69. The van der Waals surface area contributed by atoms with Crippen LogP contribution in [0.15, 0.2) is 0 Å². The highest BCUT2D eigenvalue weighted by molar-refractivity contribution is 5.68. The number of carbonyl (C=O) groups excluding carboxylic acids is 2. The van der Waals surface area contributed by atoms with E-state index in [4.69, 9.17) is 9.57 Å². The molecule has 1 heterocycles. The molecule has 0 radical (unpaired) electrons. The number of nitrogens with zero attached hydrogens (tertiary/aromatic N) is 1. The van der Waals surface area contributed by atoms with E-state index in [-0.39, 0.29) is 12.2 Å². The van der Waals surface area contributed by atoms with Gasteiger partial charge in [-0.15, -0.1) is 0 Å². The third-order valence-electron chi connectivity index (χ3n) is 2.08. The highest BCUT2D eigenvalue weighted by Gasteiger charge is 2.30. The molecule has 1 fully saturated rings. The Bertz CT molecular complexity index is 262. The number of hydrogen-bond acceptors (Lipinski definition) is 4. The van der Waals surface area contributed by atoms with E-state index in [1.165, 1.54) is 0 Å². The summed E-state index contributed by atoms with van der Waals surface area (Å²) in [6.45, 7) is 6.49. The van der Waals surface area contributed by atoms with Crippen molar-refractivity contribution in [3.63, 3.8) is 0 Å². The van der Waals surface area contributed by atoms with Crippen LogP contribution in [0.25, 0.3) is 0 Å². The molecule has 6 nitrogen and oxygen atoms in total. The summed E-state index contributed by atoms with van der Waals surface area (Å²) in [4.78, 5) is 28.2. The molecule has 0 aromatic heterocycles. The first kappa shape index (κ1) is 12.8. The van der Waals surface area contributed by atoms with Crippen LogP contribution in [0.2, 0.25) is 0 Å². The molecule has 1 rings (SSSR count). The highest BCUT2D eigenvalue weighted by Crippen LogP contribution is 2.16. The standard InChI is InChI=1S/C10H18N2O4/c1-10(2,3)15-9(14)12-5-4-8(6-12)16-11-7-13/h7-8H,4-6H2,1-3H3,(H,11,13). The summed E-state index contributed by atoms with van der Waals surface area (Å²) >= 11 is 0. The fourth-order valence-electron chi connectivity index (χ4n) is 1.44. The number of carbonyl (C=O) groups is 2. The zero-order chi connectivity index (χ0) is 12.2. The highest BCUT2D eigenvalue weighted by atomic mass is 16.7. The Balaban J connectivity index is 2.35. The molecule has 0 aromatic carbocycles. The number of rotatable bonds is 3. The number of nitrogens with one attached hydrogen (secondary N) is 1. The monoisotopic (exact) mass is 230 g/mol. The van der Waals surface area contributed by atoms with Crippen molar-refractivity contribution in [2.75, 3.05) is 13.1 Å². The zero-order valence-electron chi connectivity index (χ0n) is 9.86. The molecule has 2 amide bonds. The van der Waals surface area contributed by atoms with Gasteiger partial charge < -0.3 is 9.64 Å². The van der Waals surface area contributed by atoms with E-state index in [1.54, 1.807) is 4.90 Å². The minimum absolute atomic E-state index is 0.155. The van der Waals surface area contributed by atoms with E-state index in [2.05, 4.69) is 5.48 Å². The molecule has 0 aromatic rings. The van der Waals surface area contributed by atoms with Gasteiger partial charge in [-0.3, -0.25) is 9.63 Å². The maximum absolute atomic E-state index is 11.6. The van der Waals surface area contributed by atoms with Gasteiger partial charge >= 0.3 is 6.09 Å². The van der Waals surface area contributed by atoms with Crippen molar-refractivity contribution >= 4 is 12.5 Å². The molecule has 1 N–H and O–H groups in total. The molecule has 0 saturated carbocycles. The van der Waals surface area contributed by atoms with E-state index in [0.717, 1.165) is 0 Å². The first-order valence-corrected chi connectivity index (χ1v) is 5.25. The molecule has 1 unspecified atom stereocenters. The van der Waals surface area contributed by atoms with Gasteiger partial charge in [0, 0.05) is 6.54 Å². The van der Waals surface area contributed by atoms with Gasteiger partial charge in [0.1, 0.15) is 11.7 Å². The molecule has 1 saturated heterocycles. The Morgan fingerprint density at radius 3 is 2.75 bits per heavy atom. The molecule has 6 heteroatoms. The van der Waals surface area contributed by atoms with Gasteiger partial charge in [0.25, 0.3) is 0 Å². The number of ether oxygens (including phenoxy) is 1. The topological polar surface area (TPSA) is 67.9 Å². The van der Waals surface area contributed by atoms with Crippen molar-refractivity contribution in [1.29, 1.82) is 0 Å². The average Bonchev–Trinajstić information content (AvgIpc) is 2.60. The maximum Gasteiger partial charge on any atom is 0.410 e. The minimum atomic E-state index is -0.489. The SMILES string of the molecule is CC(C)(C)OC(=O)N1CCC(ONC=O)C1. The Morgan fingerprint density at radius 1 is 1.50 bits per heavy atom. The van der Waals surface area contributed by atoms with Crippen LogP contribution in [0.5, 0.6) is 0 Å². The molecule has 0 spiro atoms. The summed E-state index contributed by atoms with van der Waals surface area (Å²) < 4.78 is 5.22. The Labute approximate surface area is 94.8 Å². The molecular formula is C10H18N2O4. The Kier molecular flexibility index (Phi) is 4.12. The van der Waals surface area contributed by atoms with E-state index in [9.17, 15) is 9.59 Å². The third kappa shape index (κ3) is 4.06. The number of hydrogen-bond donors (Lipinski definition) is 1. The smallest absolute Gasteiger partial charge is 0.410 e. The van der Waals surface area contributed by atoms with Crippen molar-refractivity contribution in [2.45, 2.75) is 38.9 Å². The lowest BCUT2D eigenvalue weighted by atomic mass is 10.2. The Hall–Kier alpha value is -1.30. The average molecular weight is 230 g/mol. The molecule has 16 heavy (non-hydrogen) atoms. The minimum Gasteiger partial charge on any atom is -0.444 e. The van der Waals surface area contributed by atoms with Crippen LogP contribution in [0.3, 0.4) is 0 Å². The summed E-state index contributed by atoms with van der Waals surface area (Å²) in [6.07, 6.45) is 0.665. The first-order chi connectivity index (χ1) is 7.42. The number of amides is 2. The predicted octanol–water partition coefficient (Wildman–Crippen LogP) is 0.673. The summed E-state index contributed by atoms with van der Waals surface area (Å²) in [7, 11) is 0. The quantitative estimate of drug-likeness (QED) is 0.571. The van der Waals surface area contributed by atoms with Gasteiger partial charge in [-0.1, -0.05) is 0 Å². The molecule has 1 atom stereocenters. The molecule has 0 bridgehead atoms. The lowest BCUT2D eigenvalue weighted by Crippen LogP contribution is -2.36.